The van der Waals surface area contributed by atoms with Crippen LogP contribution in [-0.4, -0.2) is 31.4 Å². The molecule has 1 saturated heterocycles. The molecule has 0 radical (unpaired) electrons. The van der Waals surface area contributed by atoms with Crippen molar-refractivity contribution in [1.82, 2.24) is 5.32 Å². The van der Waals surface area contributed by atoms with Crippen LogP contribution in [0.2, 0.25) is 0 Å². The first kappa shape index (κ1) is 16.5. The maximum atomic E-state index is 12.5. The van der Waals surface area contributed by atoms with Crippen molar-refractivity contribution < 1.29 is 9.59 Å². The summed E-state index contributed by atoms with van der Waals surface area (Å²) in [5, 5.41) is 3.19. The molecule has 2 amide bonds. The highest BCUT2D eigenvalue weighted by Crippen LogP contribution is 2.19. The molecule has 0 saturated carbocycles. The van der Waals surface area contributed by atoms with Gasteiger partial charge in [-0.3, -0.25) is 9.59 Å². The minimum absolute atomic E-state index is 0. The lowest BCUT2D eigenvalue weighted by molar-refractivity contribution is -0.122. The Labute approximate surface area is 124 Å². The zero-order valence-electron chi connectivity index (χ0n) is 11.2. The van der Waals surface area contributed by atoms with Crippen LogP contribution in [0.15, 0.2) is 30.3 Å². The van der Waals surface area contributed by atoms with Crippen LogP contribution in [0.25, 0.3) is 0 Å². The molecule has 1 aromatic rings. The normalized spacial score (nSPS) is 17.3. The van der Waals surface area contributed by atoms with Crippen LogP contribution in [0.3, 0.4) is 0 Å². The Hall–Kier alpha value is -1.59. The van der Waals surface area contributed by atoms with E-state index in [4.69, 9.17) is 5.73 Å². The van der Waals surface area contributed by atoms with E-state index in [9.17, 15) is 9.59 Å². The second-order valence-electron chi connectivity index (χ2n) is 4.73. The van der Waals surface area contributed by atoms with E-state index in [0.717, 1.165) is 18.7 Å². The predicted molar refractivity (Wildman–Crippen MR) is 80.8 cm³/mol. The van der Waals surface area contributed by atoms with Crippen molar-refractivity contribution in [3.8, 4) is 0 Å². The fourth-order valence-corrected chi connectivity index (χ4v) is 2.28. The van der Waals surface area contributed by atoms with E-state index >= 15 is 0 Å². The number of benzene rings is 1. The average Bonchev–Trinajstić information content (AvgIpc) is 2.93. The maximum absolute atomic E-state index is 12.5. The van der Waals surface area contributed by atoms with Crippen molar-refractivity contribution in [2.75, 3.05) is 24.5 Å². The van der Waals surface area contributed by atoms with Crippen molar-refractivity contribution in [1.29, 1.82) is 0 Å². The number of nitrogens with one attached hydrogen (secondary N) is 1. The Morgan fingerprint density at radius 3 is 2.55 bits per heavy atom. The van der Waals surface area contributed by atoms with Gasteiger partial charge in [0.2, 0.25) is 11.8 Å². The van der Waals surface area contributed by atoms with Crippen molar-refractivity contribution in [2.24, 2.45) is 11.7 Å². The van der Waals surface area contributed by atoms with Gasteiger partial charge in [0.25, 0.3) is 0 Å². The molecule has 1 aliphatic heterocycles. The number of rotatable bonds is 5. The summed E-state index contributed by atoms with van der Waals surface area (Å²) in [6, 6.07) is 9.42. The number of carbonyl (C=O) groups excluding carboxylic acids is 2. The minimum atomic E-state index is -0.390. The van der Waals surface area contributed by atoms with E-state index in [0.29, 0.717) is 13.1 Å². The maximum Gasteiger partial charge on any atom is 0.231 e. The number of anilines is 1. The van der Waals surface area contributed by atoms with Gasteiger partial charge in [0.05, 0.1) is 5.92 Å². The van der Waals surface area contributed by atoms with Gasteiger partial charge in [-0.1, -0.05) is 18.2 Å². The van der Waals surface area contributed by atoms with Gasteiger partial charge in [-0.2, -0.15) is 0 Å². The largest absolute Gasteiger partial charge is 0.370 e. The van der Waals surface area contributed by atoms with Gasteiger partial charge < -0.3 is 16.0 Å². The van der Waals surface area contributed by atoms with Gasteiger partial charge in [-0.25, -0.2) is 0 Å². The quantitative estimate of drug-likeness (QED) is 0.849. The summed E-state index contributed by atoms with van der Waals surface area (Å²) in [4.78, 5) is 25.1. The second kappa shape index (κ2) is 7.87. The lowest BCUT2D eigenvalue weighted by Crippen LogP contribution is -2.39. The first-order valence-electron chi connectivity index (χ1n) is 6.54. The summed E-state index contributed by atoms with van der Waals surface area (Å²) in [7, 11) is 0. The molecule has 6 heteroatoms. The van der Waals surface area contributed by atoms with Crippen LogP contribution in [0, 0.1) is 5.92 Å². The SMILES string of the molecule is Cl.NC(=O)CCN(C(=O)C1CCNC1)c1ccccc1. The van der Waals surface area contributed by atoms with Crippen LogP contribution in [0.5, 0.6) is 0 Å². The number of hydrogen-bond donors (Lipinski definition) is 2. The van der Waals surface area contributed by atoms with Crippen molar-refractivity contribution in [2.45, 2.75) is 12.8 Å². The monoisotopic (exact) mass is 297 g/mol. The molecule has 110 valence electrons. The van der Waals surface area contributed by atoms with E-state index in [1.165, 1.54) is 0 Å². The first-order valence-corrected chi connectivity index (χ1v) is 6.54. The molecule has 0 aliphatic carbocycles. The van der Waals surface area contributed by atoms with Gasteiger partial charge in [0.15, 0.2) is 0 Å². The number of primary amides is 1. The molecule has 0 spiro atoms. The van der Waals surface area contributed by atoms with Gasteiger partial charge in [-0.15, -0.1) is 12.4 Å². The number of nitrogens with two attached hydrogens (primary N) is 1. The Balaban J connectivity index is 0.00000200. The summed E-state index contributed by atoms with van der Waals surface area (Å²) in [6.07, 6.45) is 1.03. The smallest absolute Gasteiger partial charge is 0.231 e. The van der Waals surface area contributed by atoms with E-state index in [2.05, 4.69) is 5.32 Å². The summed E-state index contributed by atoms with van der Waals surface area (Å²) in [5.41, 5.74) is 6.00. The molecule has 5 nitrogen and oxygen atoms in total. The predicted octanol–water partition coefficient (Wildman–Crippen LogP) is 0.926. The molecule has 1 fully saturated rings. The number of para-hydroxylation sites is 1. The summed E-state index contributed by atoms with van der Waals surface area (Å²) >= 11 is 0. The van der Waals surface area contributed by atoms with Crippen molar-refractivity contribution in [3.63, 3.8) is 0 Å². The third-order valence-corrected chi connectivity index (χ3v) is 3.33. The highest BCUT2D eigenvalue weighted by atomic mass is 35.5. The Bertz CT molecular complexity index is 447. The average molecular weight is 298 g/mol. The minimum Gasteiger partial charge on any atom is -0.370 e. The lowest BCUT2D eigenvalue weighted by atomic mass is 10.1. The van der Waals surface area contributed by atoms with Crippen LogP contribution < -0.4 is 16.0 Å². The van der Waals surface area contributed by atoms with Crippen molar-refractivity contribution >= 4 is 29.9 Å². The third-order valence-electron chi connectivity index (χ3n) is 3.33. The molecule has 1 atom stereocenters. The van der Waals surface area contributed by atoms with E-state index < -0.39 is 5.91 Å². The number of amides is 2. The zero-order valence-corrected chi connectivity index (χ0v) is 12.1. The summed E-state index contributed by atoms with van der Waals surface area (Å²) in [6.45, 7) is 1.92. The molecular formula is C14H20ClN3O2. The van der Waals surface area contributed by atoms with E-state index in [1.54, 1.807) is 4.90 Å². The van der Waals surface area contributed by atoms with Crippen LogP contribution in [-0.2, 0) is 9.59 Å². The molecule has 1 aliphatic rings. The number of carbonyl (C=O) groups is 2. The van der Waals surface area contributed by atoms with Crippen LogP contribution in [0.4, 0.5) is 5.69 Å². The number of nitrogens with zero attached hydrogens (tertiary/aromatic N) is 1. The molecule has 20 heavy (non-hydrogen) atoms. The fourth-order valence-electron chi connectivity index (χ4n) is 2.28. The van der Waals surface area contributed by atoms with Crippen LogP contribution >= 0.6 is 12.4 Å². The van der Waals surface area contributed by atoms with E-state index in [1.807, 2.05) is 30.3 Å². The molecule has 1 aromatic carbocycles. The van der Waals surface area contributed by atoms with Gasteiger partial charge in [0.1, 0.15) is 0 Å². The fraction of sp³-hybridized carbons (Fsp3) is 0.429. The highest BCUT2D eigenvalue weighted by molar-refractivity contribution is 5.95. The highest BCUT2D eigenvalue weighted by Gasteiger charge is 2.27. The van der Waals surface area contributed by atoms with Gasteiger partial charge in [-0.05, 0) is 25.1 Å². The van der Waals surface area contributed by atoms with Crippen molar-refractivity contribution in [3.05, 3.63) is 30.3 Å². The Morgan fingerprint density at radius 2 is 2.00 bits per heavy atom. The van der Waals surface area contributed by atoms with E-state index in [-0.39, 0.29) is 30.7 Å². The molecule has 1 unspecified atom stereocenters. The molecule has 1 heterocycles. The summed E-state index contributed by atoms with van der Waals surface area (Å²) in [5.74, 6) is -0.330. The molecule has 3 N–H and O–H groups in total. The second-order valence-corrected chi connectivity index (χ2v) is 4.73. The van der Waals surface area contributed by atoms with Gasteiger partial charge >= 0.3 is 0 Å². The Morgan fingerprint density at radius 1 is 1.30 bits per heavy atom. The molecule has 0 bridgehead atoms. The third kappa shape index (κ3) is 4.21. The van der Waals surface area contributed by atoms with Crippen LogP contribution in [0.1, 0.15) is 12.8 Å². The lowest BCUT2D eigenvalue weighted by Gasteiger charge is -2.25. The Kier molecular flexibility index (Phi) is 6.48. The first-order chi connectivity index (χ1) is 9.18. The zero-order chi connectivity index (χ0) is 13.7. The standard InChI is InChI=1S/C14H19N3O2.ClH/c15-13(18)7-9-17(12-4-2-1-3-5-12)14(19)11-6-8-16-10-11;/h1-5,11,16H,6-10H2,(H2,15,18);1H. The number of hydrogen-bond acceptors (Lipinski definition) is 3. The molecule has 2 rings (SSSR count). The molecule has 0 aromatic heterocycles. The topological polar surface area (TPSA) is 75.4 Å². The van der Waals surface area contributed by atoms with Gasteiger partial charge in [0, 0.05) is 25.2 Å². The molecular weight excluding hydrogens is 278 g/mol. The summed E-state index contributed by atoms with van der Waals surface area (Å²) < 4.78 is 0. The number of halogens is 1.